The minimum Gasteiger partial charge on any atom is -0.494 e. The summed E-state index contributed by atoms with van der Waals surface area (Å²) in [6.07, 6.45) is 0. The van der Waals surface area contributed by atoms with Crippen LogP contribution in [0.3, 0.4) is 0 Å². The maximum absolute atomic E-state index is 13.4. The molecule has 0 saturated carbocycles. The van der Waals surface area contributed by atoms with E-state index in [9.17, 15) is 4.39 Å². The van der Waals surface area contributed by atoms with E-state index in [1.54, 1.807) is 6.07 Å². The lowest BCUT2D eigenvalue weighted by Gasteiger charge is -2.07. The Bertz CT molecular complexity index is 554. The molecule has 0 saturated heterocycles. The molecule has 1 heterocycles. The second-order valence-electron chi connectivity index (χ2n) is 3.81. The van der Waals surface area contributed by atoms with Crippen LogP contribution in [0.25, 0.3) is 0 Å². The van der Waals surface area contributed by atoms with E-state index in [1.165, 1.54) is 19.2 Å². The zero-order chi connectivity index (χ0) is 13.1. The molecule has 0 N–H and O–H groups in total. The first-order valence-corrected chi connectivity index (χ1v) is 5.43. The second-order valence-corrected chi connectivity index (χ2v) is 3.81. The molecule has 6 heteroatoms. The molecule has 0 amide bonds. The Kier molecular flexibility index (Phi) is 3.45. The van der Waals surface area contributed by atoms with Crippen LogP contribution in [0.1, 0.15) is 11.6 Å². The molecule has 2 rings (SSSR count). The highest BCUT2D eigenvalue weighted by atomic mass is 19.1. The van der Waals surface area contributed by atoms with Gasteiger partial charge in [0.05, 0.1) is 7.11 Å². The highest BCUT2D eigenvalue weighted by molar-refractivity contribution is 5.33. The van der Waals surface area contributed by atoms with Gasteiger partial charge in [0.25, 0.3) is 0 Å². The number of halogens is 1. The van der Waals surface area contributed by atoms with Crippen LogP contribution in [-0.2, 0) is 13.7 Å². The predicted molar refractivity (Wildman–Crippen MR) is 63.0 cm³/mol. The van der Waals surface area contributed by atoms with E-state index >= 15 is 0 Å². The second kappa shape index (κ2) is 5.03. The van der Waals surface area contributed by atoms with Crippen LogP contribution in [0.2, 0.25) is 0 Å². The quantitative estimate of drug-likeness (QED) is 0.832. The molecule has 0 aliphatic carbocycles. The van der Waals surface area contributed by atoms with Gasteiger partial charge < -0.3 is 14.0 Å². The number of nitrogens with zero attached hydrogens (tertiary/aromatic N) is 3. The Morgan fingerprint density at radius 1 is 1.33 bits per heavy atom. The molecule has 0 aliphatic heterocycles. The van der Waals surface area contributed by atoms with Crippen molar-refractivity contribution in [2.75, 3.05) is 7.11 Å². The molecular weight excluding hydrogens is 237 g/mol. The van der Waals surface area contributed by atoms with Gasteiger partial charge in [0.1, 0.15) is 18.2 Å². The molecule has 0 fully saturated rings. The van der Waals surface area contributed by atoms with Gasteiger partial charge in [-0.1, -0.05) is 0 Å². The summed E-state index contributed by atoms with van der Waals surface area (Å²) >= 11 is 0. The van der Waals surface area contributed by atoms with E-state index in [0.29, 0.717) is 11.6 Å². The van der Waals surface area contributed by atoms with Crippen LogP contribution >= 0.6 is 0 Å². The largest absolute Gasteiger partial charge is 0.494 e. The smallest absolute Gasteiger partial charge is 0.170 e. The molecule has 5 nitrogen and oxygen atoms in total. The zero-order valence-corrected chi connectivity index (χ0v) is 10.5. The molecule has 18 heavy (non-hydrogen) atoms. The van der Waals surface area contributed by atoms with E-state index in [4.69, 9.17) is 9.47 Å². The fourth-order valence-electron chi connectivity index (χ4n) is 1.46. The molecular formula is C12H14FN3O2. The first kappa shape index (κ1) is 12.3. The van der Waals surface area contributed by atoms with Crippen molar-refractivity contribution in [3.63, 3.8) is 0 Å². The molecule has 0 bridgehead atoms. The maximum Gasteiger partial charge on any atom is 0.170 e. The van der Waals surface area contributed by atoms with Crippen molar-refractivity contribution >= 4 is 0 Å². The van der Waals surface area contributed by atoms with Crippen molar-refractivity contribution in [3.8, 4) is 11.5 Å². The minimum absolute atomic E-state index is 0.192. The van der Waals surface area contributed by atoms with Crippen LogP contribution in [0.5, 0.6) is 11.5 Å². The van der Waals surface area contributed by atoms with Crippen molar-refractivity contribution in [3.05, 3.63) is 35.7 Å². The van der Waals surface area contributed by atoms with Gasteiger partial charge in [-0.2, -0.15) is 0 Å². The Balaban J connectivity index is 2.06. The average molecular weight is 251 g/mol. The van der Waals surface area contributed by atoms with Crippen molar-refractivity contribution < 1.29 is 13.9 Å². The number of hydrogen-bond acceptors (Lipinski definition) is 4. The topological polar surface area (TPSA) is 49.2 Å². The number of aryl methyl sites for hydroxylation is 1. The third-order valence-corrected chi connectivity index (χ3v) is 2.67. The standard InChI is InChI=1S/C12H14FN3O2/c1-8-14-15-12(16(8)2)7-18-9-4-5-11(17-3)10(13)6-9/h4-6H,7H2,1-3H3. The van der Waals surface area contributed by atoms with Crippen LogP contribution in [-0.4, -0.2) is 21.9 Å². The lowest BCUT2D eigenvalue weighted by Crippen LogP contribution is -2.04. The fraction of sp³-hybridized carbons (Fsp3) is 0.333. The number of benzene rings is 1. The monoisotopic (exact) mass is 251 g/mol. The van der Waals surface area contributed by atoms with E-state index in [-0.39, 0.29) is 12.4 Å². The maximum atomic E-state index is 13.4. The SMILES string of the molecule is COc1ccc(OCc2nnc(C)n2C)cc1F. The van der Waals surface area contributed by atoms with Crippen molar-refractivity contribution in [2.24, 2.45) is 7.05 Å². The number of hydrogen-bond donors (Lipinski definition) is 0. The van der Waals surface area contributed by atoms with Crippen molar-refractivity contribution in [2.45, 2.75) is 13.5 Å². The summed E-state index contributed by atoms with van der Waals surface area (Å²) in [6, 6.07) is 4.44. The van der Waals surface area contributed by atoms with Crippen LogP contribution in [0.4, 0.5) is 4.39 Å². The third kappa shape index (κ3) is 2.42. The average Bonchev–Trinajstić information content (AvgIpc) is 2.68. The van der Waals surface area contributed by atoms with E-state index in [0.717, 1.165) is 5.82 Å². The van der Waals surface area contributed by atoms with Gasteiger partial charge in [-0.25, -0.2) is 4.39 Å². The van der Waals surface area contributed by atoms with Crippen LogP contribution in [0, 0.1) is 12.7 Å². The summed E-state index contributed by atoms with van der Waals surface area (Å²) in [4.78, 5) is 0. The molecule has 96 valence electrons. The Labute approximate surface area is 104 Å². The molecule has 0 atom stereocenters. The Morgan fingerprint density at radius 2 is 2.11 bits per heavy atom. The zero-order valence-electron chi connectivity index (χ0n) is 10.5. The highest BCUT2D eigenvalue weighted by Gasteiger charge is 2.07. The molecule has 2 aromatic rings. The number of methoxy groups -OCH3 is 1. The Hall–Kier alpha value is -2.11. The van der Waals surface area contributed by atoms with Gasteiger partial charge in [0.2, 0.25) is 0 Å². The lowest BCUT2D eigenvalue weighted by atomic mass is 10.3. The molecule has 0 unspecified atom stereocenters. The number of rotatable bonds is 4. The summed E-state index contributed by atoms with van der Waals surface area (Å²) in [7, 11) is 3.27. The lowest BCUT2D eigenvalue weighted by molar-refractivity contribution is 0.288. The first-order chi connectivity index (χ1) is 8.61. The van der Waals surface area contributed by atoms with E-state index in [1.807, 2.05) is 18.5 Å². The molecule has 1 aromatic heterocycles. The summed E-state index contributed by atoms with van der Waals surface area (Å²) in [5.41, 5.74) is 0. The molecule has 0 radical (unpaired) electrons. The summed E-state index contributed by atoms with van der Waals surface area (Å²) in [5, 5.41) is 7.87. The van der Waals surface area contributed by atoms with E-state index in [2.05, 4.69) is 10.2 Å². The fourth-order valence-corrected chi connectivity index (χ4v) is 1.46. The van der Waals surface area contributed by atoms with Gasteiger partial charge >= 0.3 is 0 Å². The third-order valence-electron chi connectivity index (χ3n) is 2.67. The first-order valence-electron chi connectivity index (χ1n) is 5.43. The van der Waals surface area contributed by atoms with Gasteiger partial charge in [0.15, 0.2) is 17.4 Å². The van der Waals surface area contributed by atoms with Crippen molar-refractivity contribution in [1.29, 1.82) is 0 Å². The van der Waals surface area contributed by atoms with Gasteiger partial charge in [-0.15, -0.1) is 10.2 Å². The predicted octanol–water partition coefficient (Wildman–Crippen LogP) is 1.85. The highest BCUT2D eigenvalue weighted by Crippen LogP contribution is 2.22. The van der Waals surface area contributed by atoms with Crippen LogP contribution < -0.4 is 9.47 Å². The molecule has 0 aliphatic rings. The van der Waals surface area contributed by atoms with E-state index < -0.39 is 5.82 Å². The summed E-state index contributed by atoms with van der Waals surface area (Å²) in [5.74, 6) is 1.65. The number of aromatic nitrogens is 3. The minimum atomic E-state index is -0.454. The van der Waals surface area contributed by atoms with Crippen LogP contribution in [0.15, 0.2) is 18.2 Å². The summed E-state index contributed by atoms with van der Waals surface area (Å²) < 4.78 is 25.5. The van der Waals surface area contributed by atoms with Gasteiger partial charge in [-0.05, 0) is 19.1 Å². The number of ether oxygens (including phenoxy) is 2. The van der Waals surface area contributed by atoms with Gasteiger partial charge in [-0.3, -0.25) is 0 Å². The van der Waals surface area contributed by atoms with Gasteiger partial charge in [0, 0.05) is 13.1 Å². The van der Waals surface area contributed by atoms with Crippen molar-refractivity contribution in [1.82, 2.24) is 14.8 Å². The summed E-state index contributed by atoms with van der Waals surface area (Å²) in [6.45, 7) is 2.09. The molecule has 1 aromatic carbocycles. The normalized spacial score (nSPS) is 10.4. The molecule has 0 spiro atoms. The Morgan fingerprint density at radius 3 is 2.67 bits per heavy atom.